The van der Waals surface area contributed by atoms with Crippen LogP contribution in [0.25, 0.3) is 0 Å². The maximum atomic E-state index is 14.1. The summed E-state index contributed by atoms with van der Waals surface area (Å²) in [5.74, 6) is -0.484. The molecule has 0 aliphatic rings. The second-order valence-electron chi connectivity index (χ2n) is 5.47. The summed E-state index contributed by atoms with van der Waals surface area (Å²) in [5.41, 5.74) is 0.808. The quantitative estimate of drug-likeness (QED) is 0.835. The minimum absolute atomic E-state index is 0. The molecular formula is C16H22ClFN4O2. The normalized spacial score (nSPS) is 11.8. The van der Waals surface area contributed by atoms with Crippen molar-refractivity contribution in [2.24, 2.45) is 7.05 Å². The Morgan fingerprint density at radius 3 is 2.58 bits per heavy atom. The maximum Gasteiger partial charge on any atom is 0.246 e. The number of anilines is 1. The molecule has 24 heavy (non-hydrogen) atoms. The van der Waals surface area contributed by atoms with Crippen LogP contribution in [0.5, 0.6) is 5.75 Å². The molecule has 0 fully saturated rings. The number of hydrogen-bond donors (Lipinski definition) is 2. The van der Waals surface area contributed by atoms with Crippen molar-refractivity contribution in [1.29, 1.82) is 0 Å². The smallest absolute Gasteiger partial charge is 0.246 e. The zero-order chi connectivity index (χ0) is 17.0. The molecular weight excluding hydrogens is 335 g/mol. The molecule has 1 aromatic heterocycles. The number of rotatable bonds is 6. The van der Waals surface area contributed by atoms with Crippen molar-refractivity contribution in [2.45, 2.75) is 26.0 Å². The highest BCUT2D eigenvalue weighted by molar-refractivity contribution is 5.95. The van der Waals surface area contributed by atoms with Crippen LogP contribution in [-0.2, 0) is 11.8 Å². The molecule has 6 nitrogen and oxygen atoms in total. The van der Waals surface area contributed by atoms with Gasteiger partial charge in [-0.2, -0.15) is 5.10 Å². The standard InChI is InChI=1S/C16H21FN4O2.ClH/c1-10(2)23-12-5-6-14(13(17)7-12)20-16(22)15(18-3)11-8-19-21(4)9-11;/h5-10,15,18H,1-4H3,(H,20,22);1H. The van der Waals surface area contributed by atoms with Crippen molar-refractivity contribution in [3.8, 4) is 5.75 Å². The second kappa shape index (κ2) is 8.65. The molecule has 0 aliphatic heterocycles. The number of carbonyl (C=O) groups is 1. The van der Waals surface area contributed by atoms with E-state index in [0.29, 0.717) is 11.3 Å². The number of amides is 1. The van der Waals surface area contributed by atoms with Crippen LogP contribution in [0, 0.1) is 5.82 Å². The van der Waals surface area contributed by atoms with Gasteiger partial charge in [-0.15, -0.1) is 12.4 Å². The van der Waals surface area contributed by atoms with Gasteiger partial charge < -0.3 is 15.4 Å². The molecule has 0 saturated heterocycles. The Morgan fingerprint density at radius 1 is 1.38 bits per heavy atom. The molecule has 1 heterocycles. The molecule has 1 atom stereocenters. The summed E-state index contributed by atoms with van der Waals surface area (Å²) in [7, 11) is 3.43. The van der Waals surface area contributed by atoms with E-state index < -0.39 is 11.9 Å². The van der Waals surface area contributed by atoms with Crippen LogP contribution >= 0.6 is 12.4 Å². The minimum atomic E-state index is -0.616. The van der Waals surface area contributed by atoms with E-state index in [9.17, 15) is 9.18 Å². The van der Waals surface area contributed by atoms with E-state index in [1.807, 2.05) is 13.8 Å². The molecule has 0 spiro atoms. The fourth-order valence-electron chi connectivity index (χ4n) is 2.19. The third-order valence-electron chi connectivity index (χ3n) is 3.18. The molecule has 0 radical (unpaired) electrons. The Balaban J connectivity index is 0.00000288. The van der Waals surface area contributed by atoms with Gasteiger partial charge in [0.15, 0.2) is 0 Å². The molecule has 132 valence electrons. The summed E-state index contributed by atoms with van der Waals surface area (Å²) in [6, 6.07) is 3.75. The number of hydrogen-bond acceptors (Lipinski definition) is 4. The number of nitrogens with one attached hydrogen (secondary N) is 2. The lowest BCUT2D eigenvalue weighted by molar-refractivity contribution is -0.118. The summed E-state index contributed by atoms with van der Waals surface area (Å²) >= 11 is 0. The van der Waals surface area contributed by atoms with E-state index in [2.05, 4.69) is 15.7 Å². The topological polar surface area (TPSA) is 68.2 Å². The fourth-order valence-corrected chi connectivity index (χ4v) is 2.19. The molecule has 8 heteroatoms. The Bertz CT molecular complexity index is 690. The molecule has 0 aliphatic carbocycles. The summed E-state index contributed by atoms with van der Waals surface area (Å²) in [6.45, 7) is 3.72. The van der Waals surface area contributed by atoms with Gasteiger partial charge in [0.25, 0.3) is 0 Å². The summed E-state index contributed by atoms with van der Waals surface area (Å²) in [4.78, 5) is 12.4. The van der Waals surface area contributed by atoms with Crippen molar-refractivity contribution in [2.75, 3.05) is 12.4 Å². The molecule has 2 aromatic rings. The van der Waals surface area contributed by atoms with Gasteiger partial charge in [-0.3, -0.25) is 9.48 Å². The first kappa shape index (κ1) is 19.9. The van der Waals surface area contributed by atoms with Crippen molar-refractivity contribution >= 4 is 24.0 Å². The lowest BCUT2D eigenvalue weighted by Crippen LogP contribution is -2.30. The molecule has 1 amide bonds. The Hall–Kier alpha value is -2.12. The van der Waals surface area contributed by atoms with Crippen LogP contribution in [0.3, 0.4) is 0 Å². The summed E-state index contributed by atoms with van der Waals surface area (Å²) < 4.78 is 21.1. The van der Waals surface area contributed by atoms with Crippen LogP contribution in [0.15, 0.2) is 30.6 Å². The van der Waals surface area contributed by atoms with Gasteiger partial charge in [-0.1, -0.05) is 0 Å². The van der Waals surface area contributed by atoms with Crippen LogP contribution in [0.1, 0.15) is 25.5 Å². The fraction of sp³-hybridized carbons (Fsp3) is 0.375. The monoisotopic (exact) mass is 356 g/mol. The summed E-state index contributed by atoms with van der Waals surface area (Å²) in [6.07, 6.45) is 3.28. The minimum Gasteiger partial charge on any atom is -0.491 e. The number of carbonyl (C=O) groups excluding carboxylic acids is 1. The van der Waals surface area contributed by atoms with Gasteiger partial charge in [0.2, 0.25) is 5.91 Å². The molecule has 2 N–H and O–H groups in total. The number of aryl methyl sites for hydroxylation is 1. The number of ether oxygens (including phenoxy) is 1. The van der Waals surface area contributed by atoms with Crippen molar-refractivity contribution in [3.63, 3.8) is 0 Å². The summed E-state index contributed by atoms with van der Waals surface area (Å²) in [5, 5.41) is 9.51. The van der Waals surface area contributed by atoms with Crippen molar-refractivity contribution in [1.82, 2.24) is 15.1 Å². The van der Waals surface area contributed by atoms with Crippen LogP contribution in [0.4, 0.5) is 10.1 Å². The van der Waals surface area contributed by atoms with E-state index in [1.165, 1.54) is 12.1 Å². The highest BCUT2D eigenvalue weighted by Gasteiger charge is 2.21. The van der Waals surface area contributed by atoms with Crippen molar-refractivity contribution in [3.05, 3.63) is 42.0 Å². The van der Waals surface area contributed by atoms with Gasteiger partial charge >= 0.3 is 0 Å². The highest BCUT2D eigenvalue weighted by atomic mass is 35.5. The largest absolute Gasteiger partial charge is 0.491 e. The predicted octanol–water partition coefficient (Wildman–Crippen LogP) is 2.67. The zero-order valence-electron chi connectivity index (χ0n) is 14.0. The number of nitrogens with zero attached hydrogens (tertiary/aromatic N) is 2. The predicted molar refractivity (Wildman–Crippen MR) is 93.1 cm³/mol. The van der Waals surface area contributed by atoms with E-state index in [-0.39, 0.29) is 30.1 Å². The highest BCUT2D eigenvalue weighted by Crippen LogP contribution is 2.23. The molecule has 2 rings (SSSR count). The van der Waals surface area contributed by atoms with E-state index in [1.54, 1.807) is 37.2 Å². The van der Waals surface area contributed by atoms with Gasteiger partial charge in [0, 0.05) is 24.9 Å². The van der Waals surface area contributed by atoms with Gasteiger partial charge in [-0.25, -0.2) is 4.39 Å². The lowest BCUT2D eigenvalue weighted by atomic mass is 10.1. The first-order valence-electron chi connectivity index (χ1n) is 7.33. The first-order valence-corrected chi connectivity index (χ1v) is 7.33. The average molecular weight is 357 g/mol. The number of halogens is 2. The number of likely N-dealkylation sites (N-methyl/N-ethyl adjacent to an activating group) is 1. The Labute approximate surface area is 146 Å². The molecule has 1 unspecified atom stereocenters. The number of aromatic nitrogens is 2. The van der Waals surface area contributed by atoms with Gasteiger partial charge in [-0.05, 0) is 33.0 Å². The van der Waals surface area contributed by atoms with Crippen molar-refractivity contribution < 1.29 is 13.9 Å². The van der Waals surface area contributed by atoms with Gasteiger partial charge in [0.1, 0.15) is 17.6 Å². The van der Waals surface area contributed by atoms with E-state index in [4.69, 9.17) is 4.74 Å². The van der Waals surface area contributed by atoms with Crippen LogP contribution < -0.4 is 15.4 Å². The van der Waals surface area contributed by atoms with Gasteiger partial charge in [0.05, 0.1) is 18.0 Å². The molecule has 0 saturated carbocycles. The number of benzene rings is 1. The van der Waals surface area contributed by atoms with E-state index >= 15 is 0 Å². The lowest BCUT2D eigenvalue weighted by Gasteiger charge is -2.16. The third-order valence-corrected chi connectivity index (χ3v) is 3.18. The third kappa shape index (κ3) is 4.94. The Kier molecular flexibility index (Phi) is 7.18. The maximum absolute atomic E-state index is 14.1. The van der Waals surface area contributed by atoms with Crippen LogP contribution in [0.2, 0.25) is 0 Å². The molecule has 1 aromatic carbocycles. The van der Waals surface area contributed by atoms with Crippen LogP contribution in [-0.4, -0.2) is 28.8 Å². The average Bonchev–Trinajstić information content (AvgIpc) is 2.88. The Morgan fingerprint density at radius 2 is 2.08 bits per heavy atom. The van der Waals surface area contributed by atoms with E-state index in [0.717, 1.165) is 0 Å². The molecule has 0 bridgehead atoms. The second-order valence-corrected chi connectivity index (χ2v) is 5.47. The SMILES string of the molecule is CNC(C(=O)Nc1ccc(OC(C)C)cc1F)c1cnn(C)c1.Cl. The zero-order valence-corrected chi connectivity index (χ0v) is 14.9. The first-order chi connectivity index (χ1) is 10.9.